The Kier molecular flexibility index (Phi) is 4.11. The molecule has 1 aromatic carbocycles. The zero-order chi connectivity index (χ0) is 10.4. The molecule has 0 bridgehead atoms. The molecule has 1 rings (SSSR count). The van der Waals surface area contributed by atoms with Crippen LogP contribution in [0.2, 0.25) is 0 Å². The first-order valence-electron chi connectivity index (χ1n) is 4.31. The number of aliphatic hydroxyl groups is 1. The Hall–Kier alpha value is -1.37. The first kappa shape index (κ1) is 10.7. The summed E-state index contributed by atoms with van der Waals surface area (Å²) in [5.74, 6) is 2.09. The summed E-state index contributed by atoms with van der Waals surface area (Å²) in [7, 11) is 0. The van der Waals surface area contributed by atoms with Crippen LogP contribution >= 0.6 is 0 Å². The number of hydrogen-bond acceptors (Lipinski definition) is 2. The number of terminal acetylenes is 1. The topological polar surface area (TPSA) is 32.3 Å². The van der Waals surface area contributed by atoms with Crippen molar-refractivity contribution in [1.82, 2.24) is 5.32 Å². The van der Waals surface area contributed by atoms with Crippen LogP contribution in [-0.4, -0.2) is 18.2 Å². The fourth-order valence-electron chi connectivity index (χ4n) is 1.08. The van der Waals surface area contributed by atoms with Crippen molar-refractivity contribution in [3.05, 3.63) is 35.6 Å². The summed E-state index contributed by atoms with van der Waals surface area (Å²) in [5, 5.41) is 12.5. The number of aliphatic hydroxyl groups excluding tert-OH is 1. The van der Waals surface area contributed by atoms with Gasteiger partial charge < -0.3 is 10.4 Å². The van der Waals surface area contributed by atoms with E-state index >= 15 is 0 Å². The molecule has 0 radical (unpaired) electrons. The van der Waals surface area contributed by atoms with E-state index in [9.17, 15) is 9.50 Å². The van der Waals surface area contributed by atoms with Crippen molar-refractivity contribution in [2.24, 2.45) is 0 Å². The van der Waals surface area contributed by atoms with E-state index in [-0.39, 0.29) is 5.82 Å². The molecule has 0 aromatic heterocycles. The maximum absolute atomic E-state index is 12.5. The van der Waals surface area contributed by atoms with E-state index in [4.69, 9.17) is 6.42 Å². The Balaban J connectivity index is 2.48. The summed E-state index contributed by atoms with van der Waals surface area (Å²) in [6.45, 7) is 0.786. The molecule has 0 aliphatic carbocycles. The molecule has 0 saturated heterocycles. The molecule has 0 aliphatic rings. The van der Waals surface area contributed by atoms with Crippen molar-refractivity contribution < 1.29 is 9.50 Å². The molecule has 3 heteroatoms. The fraction of sp³-hybridized carbons (Fsp3) is 0.273. The highest BCUT2D eigenvalue weighted by Crippen LogP contribution is 2.11. The highest BCUT2D eigenvalue weighted by atomic mass is 19.1. The van der Waals surface area contributed by atoms with Gasteiger partial charge in [0.1, 0.15) is 5.82 Å². The molecule has 1 unspecified atom stereocenters. The largest absolute Gasteiger partial charge is 0.387 e. The lowest BCUT2D eigenvalue weighted by Gasteiger charge is -2.10. The summed E-state index contributed by atoms with van der Waals surface area (Å²) in [6, 6.07) is 5.74. The van der Waals surface area contributed by atoms with Crippen LogP contribution in [0.5, 0.6) is 0 Å². The van der Waals surface area contributed by atoms with Gasteiger partial charge in [0.2, 0.25) is 0 Å². The minimum atomic E-state index is -0.649. The molecule has 0 amide bonds. The van der Waals surface area contributed by atoms with Gasteiger partial charge in [0.15, 0.2) is 0 Å². The standard InChI is InChI=1S/C11H12FNO/c1-2-7-13-8-11(14)9-3-5-10(12)6-4-9/h1,3-6,11,13-14H,7-8H2. The van der Waals surface area contributed by atoms with Crippen LogP contribution in [0.1, 0.15) is 11.7 Å². The van der Waals surface area contributed by atoms with Crippen LogP contribution in [0.4, 0.5) is 4.39 Å². The molecule has 0 aliphatic heterocycles. The summed E-state index contributed by atoms with van der Waals surface area (Å²) >= 11 is 0. The zero-order valence-electron chi connectivity index (χ0n) is 7.70. The second kappa shape index (κ2) is 5.38. The maximum Gasteiger partial charge on any atom is 0.123 e. The normalized spacial score (nSPS) is 12.1. The van der Waals surface area contributed by atoms with Crippen molar-refractivity contribution in [3.8, 4) is 12.3 Å². The first-order valence-corrected chi connectivity index (χ1v) is 4.31. The van der Waals surface area contributed by atoms with Crippen molar-refractivity contribution in [2.75, 3.05) is 13.1 Å². The Bertz CT molecular complexity index is 315. The van der Waals surface area contributed by atoms with E-state index in [1.54, 1.807) is 12.1 Å². The molecule has 0 spiro atoms. The fourth-order valence-corrected chi connectivity index (χ4v) is 1.08. The van der Waals surface area contributed by atoms with Crippen LogP contribution in [0.3, 0.4) is 0 Å². The maximum atomic E-state index is 12.5. The van der Waals surface area contributed by atoms with E-state index in [1.807, 2.05) is 0 Å². The summed E-state index contributed by atoms with van der Waals surface area (Å²) in [4.78, 5) is 0. The number of hydrogen-bond donors (Lipinski definition) is 2. The van der Waals surface area contributed by atoms with Gasteiger partial charge in [-0.05, 0) is 17.7 Å². The van der Waals surface area contributed by atoms with E-state index in [1.165, 1.54) is 12.1 Å². The van der Waals surface area contributed by atoms with Crippen LogP contribution in [0.25, 0.3) is 0 Å². The van der Waals surface area contributed by atoms with E-state index < -0.39 is 6.10 Å². The lowest BCUT2D eigenvalue weighted by Crippen LogP contribution is -2.21. The third-order valence-electron chi connectivity index (χ3n) is 1.82. The summed E-state index contributed by atoms with van der Waals surface area (Å²) in [6.07, 6.45) is 4.38. The molecule has 1 aromatic rings. The van der Waals surface area contributed by atoms with Gasteiger partial charge in [0.05, 0.1) is 12.6 Å². The van der Waals surface area contributed by atoms with Crippen molar-refractivity contribution in [3.63, 3.8) is 0 Å². The van der Waals surface area contributed by atoms with Gasteiger partial charge >= 0.3 is 0 Å². The van der Waals surface area contributed by atoms with Crippen LogP contribution in [-0.2, 0) is 0 Å². The van der Waals surface area contributed by atoms with Gasteiger partial charge in [0.25, 0.3) is 0 Å². The Morgan fingerprint density at radius 3 is 2.64 bits per heavy atom. The lowest BCUT2D eigenvalue weighted by atomic mass is 10.1. The SMILES string of the molecule is C#CCNCC(O)c1ccc(F)cc1. The Labute approximate surface area is 82.8 Å². The highest BCUT2D eigenvalue weighted by Gasteiger charge is 2.05. The summed E-state index contributed by atoms with van der Waals surface area (Å²) < 4.78 is 12.5. The quantitative estimate of drug-likeness (QED) is 0.554. The molecule has 14 heavy (non-hydrogen) atoms. The second-order valence-electron chi connectivity index (χ2n) is 2.90. The van der Waals surface area contributed by atoms with E-state index in [0.29, 0.717) is 18.7 Å². The number of halogens is 1. The minimum Gasteiger partial charge on any atom is -0.387 e. The zero-order valence-corrected chi connectivity index (χ0v) is 7.70. The summed E-state index contributed by atoms with van der Waals surface area (Å²) in [5.41, 5.74) is 0.677. The minimum absolute atomic E-state index is 0.308. The molecule has 2 nitrogen and oxygen atoms in total. The molecule has 2 N–H and O–H groups in total. The van der Waals surface area contributed by atoms with Crippen LogP contribution in [0, 0.1) is 18.2 Å². The van der Waals surface area contributed by atoms with E-state index in [0.717, 1.165) is 0 Å². The van der Waals surface area contributed by atoms with Gasteiger partial charge in [-0.2, -0.15) is 0 Å². The van der Waals surface area contributed by atoms with Gasteiger partial charge in [-0.3, -0.25) is 0 Å². The average molecular weight is 193 g/mol. The Morgan fingerprint density at radius 1 is 1.43 bits per heavy atom. The first-order chi connectivity index (χ1) is 6.74. The van der Waals surface area contributed by atoms with Crippen LogP contribution in [0.15, 0.2) is 24.3 Å². The third-order valence-corrected chi connectivity index (χ3v) is 1.82. The van der Waals surface area contributed by atoms with Crippen molar-refractivity contribution in [2.45, 2.75) is 6.10 Å². The monoisotopic (exact) mass is 193 g/mol. The highest BCUT2D eigenvalue weighted by molar-refractivity contribution is 5.18. The number of benzene rings is 1. The molecule has 0 fully saturated rings. The Morgan fingerprint density at radius 2 is 2.07 bits per heavy atom. The van der Waals surface area contributed by atoms with Crippen molar-refractivity contribution >= 4 is 0 Å². The smallest absolute Gasteiger partial charge is 0.123 e. The van der Waals surface area contributed by atoms with Gasteiger partial charge in [-0.25, -0.2) is 4.39 Å². The van der Waals surface area contributed by atoms with E-state index in [2.05, 4.69) is 11.2 Å². The average Bonchev–Trinajstić information content (AvgIpc) is 2.19. The third kappa shape index (κ3) is 3.17. The second-order valence-corrected chi connectivity index (χ2v) is 2.90. The number of nitrogens with one attached hydrogen (secondary N) is 1. The lowest BCUT2D eigenvalue weighted by molar-refractivity contribution is 0.176. The molecule has 74 valence electrons. The molecule has 1 atom stereocenters. The number of rotatable bonds is 4. The molecule has 0 heterocycles. The molecular weight excluding hydrogens is 181 g/mol. The van der Waals surface area contributed by atoms with Gasteiger partial charge in [-0.1, -0.05) is 18.1 Å². The van der Waals surface area contributed by atoms with Crippen LogP contribution < -0.4 is 5.32 Å². The molecular formula is C11H12FNO. The van der Waals surface area contributed by atoms with Gasteiger partial charge in [-0.15, -0.1) is 6.42 Å². The predicted octanol–water partition coefficient (Wildman–Crippen LogP) is 1.08. The predicted molar refractivity (Wildman–Crippen MR) is 53.1 cm³/mol. The molecule has 0 saturated carbocycles. The van der Waals surface area contributed by atoms with Crippen molar-refractivity contribution in [1.29, 1.82) is 0 Å². The van der Waals surface area contributed by atoms with Gasteiger partial charge in [0, 0.05) is 6.54 Å².